The Balaban J connectivity index is 2.28. The van der Waals surface area contributed by atoms with Crippen molar-refractivity contribution in [3.8, 4) is 0 Å². The molecule has 0 radical (unpaired) electrons. The first-order chi connectivity index (χ1) is 9.64. The summed E-state index contributed by atoms with van der Waals surface area (Å²) in [7, 11) is 1.82. The Bertz CT molecular complexity index is 421. The first-order valence-electron chi connectivity index (χ1n) is 8.03. The average Bonchev–Trinajstić information content (AvgIpc) is 2.42. The fourth-order valence-corrected chi connectivity index (χ4v) is 3.09. The van der Waals surface area contributed by atoms with E-state index in [0.717, 1.165) is 18.9 Å². The number of methoxy groups -OCH3 is 1. The molecule has 20 heavy (non-hydrogen) atoms. The van der Waals surface area contributed by atoms with Gasteiger partial charge >= 0.3 is 0 Å². The lowest BCUT2D eigenvalue weighted by Gasteiger charge is -2.37. The molecule has 1 aliphatic rings. The van der Waals surface area contributed by atoms with Crippen molar-refractivity contribution in [2.45, 2.75) is 64.0 Å². The van der Waals surface area contributed by atoms with Crippen LogP contribution >= 0.6 is 0 Å². The van der Waals surface area contributed by atoms with Crippen LogP contribution in [-0.4, -0.2) is 19.3 Å². The predicted octanol–water partition coefficient (Wildman–Crippen LogP) is 4.42. The van der Waals surface area contributed by atoms with Gasteiger partial charge in [-0.05, 0) is 49.8 Å². The molecule has 2 atom stereocenters. The number of ether oxygens (including phenoxy) is 1. The average molecular weight is 275 g/mol. The molecule has 1 aromatic carbocycles. The summed E-state index contributed by atoms with van der Waals surface area (Å²) in [5.74, 6) is 0.785. The molecule has 1 saturated carbocycles. The standard InChI is InChI=1S/C18H29NO/c1-5-18(3,20-4)17(19-6-2)16-12-8-11-15(13-16)14-9-7-10-14/h8,11-14,17,19H,5-7,9-10H2,1-4H3. The number of benzene rings is 1. The highest BCUT2D eigenvalue weighted by molar-refractivity contribution is 5.31. The molecule has 2 unspecified atom stereocenters. The van der Waals surface area contributed by atoms with E-state index in [9.17, 15) is 0 Å². The lowest BCUT2D eigenvalue weighted by molar-refractivity contribution is -0.0296. The zero-order chi connectivity index (χ0) is 14.6. The minimum Gasteiger partial charge on any atom is -0.377 e. The van der Waals surface area contributed by atoms with Crippen LogP contribution < -0.4 is 5.32 Å². The Morgan fingerprint density at radius 3 is 2.60 bits per heavy atom. The third kappa shape index (κ3) is 3.07. The summed E-state index contributed by atoms with van der Waals surface area (Å²) < 4.78 is 5.83. The Hall–Kier alpha value is -0.860. The van der Waals surface area contributed by atoms with E-state index in [1.165, 1.54) is 30.4 Å². The summed E-state index contributed by atoms with van der Waals surface area (Å²) in [6, 6.07) is 9.38. The first kappa shape index (κ1) is 15.5. The second-order valence-corrected chi connectivity index (χ2v) is 6.16. The molecule has 0 aliphatic heterocycles. The van der Waals surface area contributed by atoms with Gasteiger partial charge in [0.05, 0.1) is 11.6 Å². The van der Waals surface area contributed by atoms with Gasteiger partial charge in [-0.1, -0.05) is 44.5 Å². The number of nitrogens with one attached hydrogen (secondary N) is 1. The van der Waals surface area contributed by atoms with Gasteiger partial charge in [-0.2, -0.15) is 0 Å². The van der Waals surface area contributed by atoms with Crippen molar-refractivity contribution in [2.24, 2.45) is 0 Å². The minimum atomic E-state index is -0.158. The van der Waals surface area contributed by atoms with E-state index in [0.29, 0.717) is 0 Å². The van der Waals surface area contributed by atoms with Crippen LogP contribution in [0, 0.1) is 0 Å². The summed E-state index contributed by atoms with van der Waals surface area (Å²) in [5.41, 5.74) is 2.71. The van der Waals surface area contributed by atoms with Crippen molar-refractivity contribution < 1.29 is 4.74 Å². The molecule has 0 heterocycles. The zero-order valence-corrected chi connectivity index (χ0v) is 13.4. The van der Waals surface area contributed by atoms with Crippen molar-refractivity contribution in [1.82, 2.24) is 5.32 Å². The van der Waals surface area contributed by atoms with Crippen LogP contribution in [0.15, 0.2) is 24.3 Å². The quantitative estimate of drug-likeness (QED) is 0.795. The third-order valence-corrected chi connectivity index (χ3v) is 5.01. The topological polar surface area (TPSA) is 21.3 Å². The van der Waals surface area contributed by atoms with E-state index in [-0.39, 0.29) is 11.6 Å². The van der Waals surface area contributed by atoms with Crippen LogP contribution in [0.5, 0.6) is 0 Å². The van der Waals surface area contributed by atoms with Crippen LogP contribution in [0.1, 0.15) is 69.5 Å². The number of hydrogen-bond acceptors (Lipinski definition) is 2. The molecule has 112 valence electrons. The third-order valence-electron chi connectivity index (χ3n) is 5.01. The summed E-state index contributed by atoms with van der Waals surface area (Å²) in [5, 5.41) is 3.62. The molecule has 0 aromatic heterocycles. The smallest absolute Gasteiger partial charge is 0.0841 e. The molecule has 2 nitrogen and oxygen atoms in total. The normalized spacial score (nSPS) is 20.2. The molecule has 0 amide bonds. The van der Waals surface area contributed by atoms with Gasteiger partial charge in [0, 0.05) is 7.11 Å². The van der Waals surface area contributed by atoms with Crippen LogP contribution in [0.2, 0.25) is 0 Å². The highest BCUT2D eigenvalue weighted by Crippen LogP contribution is 2.38. The van der Waals surface area contributed by atoms with Crippen molar-refractivity contribution in [3.05, 3.63) is 35.4 Å². The van der Waals surface area contributed by atoms with Gasteiger partial charge in [0.1, 0.15) is 0 Å². The first-order valence-corrected chi connectivity index (χ1v) is 8.03. The van der Waals surface area contributed by atoms with Crippen LogP contribution in [0.3, 0.4) is 0 Å². The van der Waals surface area contributed by atoms with Gasteiger partial charge in [-0.25, -0.2) is 0 Å². The van der Waals surface area contributed by atoms with Crippen molar-refractivity contribution in [1.29, 1.82) is 0 Å². The summed E-state index contributed by atoms with van der Waals surface area (Å²) in [6.45, 7) is 7.52. The molecule has 2 heteroatoms. The summed E-state index contributed by atoms with van der Waals surface area (Å²) in [6.07, 6.45) is 5.08. The molecule has 1 N–H and O–H groups in total. The Morgan fingerprint density at radius 2 is 2.10 bits per heavy atom. The maximum atomic E-state index is 5.83. The molecule has 1 aromatic rings. The lowest BCUT2D eigenvalue weighted by Crippen LogP contribution is -2.42. The van der Waals surface area contributed by atoms with Crippen molar-refractivity contribution in [3.63, 3.8) is 0 Å². The summed E-state index contributed by atoms with van der Waals surface area (Å²) in [4.78, 5) is 0. The Kier molecular flexibility index (Phi) is 5.22. The Labute approximate surface area is 123 Å². The number of likely N-dealkylation sites (N-methyl/N-ethyl adjacent to an activating group) is 1. The second-order valence-electron chi connectivity index (χ2n) is 6.16. The fourth-order valence-electron chi connectivity index (χ4n) is 3.09. The maximum Gasteiger partial charge on any atom is 0.0841 e. The van der Waals surface area contributed by atoms with Gasteiger partial charge in [-0.15, -0.1) is 0 Å². The zero-order valence-electron chi connectivity index (χ0n) is 13.4. The molecular weight excluding hydrogens is 246 g/mol. The van der Waals surface area contributed by atoms with Crippen LogP contribution in [-0.2, 0) is 4.74 Å². The fraction of sp³-hybridized carbons (Fsp3) is 0.667. The lowest BCUT2D eigenvalue weighted by atomic mass is 9.78. The molecule has 2 rings (SSSR count). The molecule has 0 saturated heterocycles. The predicted molar refractivity (Wildman–Crippen MR) is 85.2 cm³/mol. The molecular formula is C18H29NO. The van der Waals surface area contributed by atoms with Gasteiger partial charge in [0.25, 0.3) is 0 Å². The highest BCUT2D eigenvalue weighted by Gasteiger charge is 2.33. The minimum absolute atomic E-state index is 0.158. The summed E-state index contributed by atoms with van der Waals surface area (Å²) >= 11 is 0. The van der Waals surface area contributed by atoms with Gasteiger partial charge < -0.3 is 10.1 Å². The molecule has 1 aliphatic carbocycles. The van der Waals surface area contributed by atoms with Gasteiger partial charge in [0.2, 0.25) is 0 Å². The van der Waals surface area contributed by atoms with E-state index in [4.69, 9.17) is 4.74 Å². The SMILES string of the molecule is CCNC(c1cccc(C2CCC2)c1)C(C)(CC)OC. The van der Waals surface area contributed by atoms with Gasteiger partial charge in [0.15, 0.2) is 0 Å². The van der Waals surface area contributed by atoms with E-state index in [1.54, 1.807) is 0 Å². The number of hydrogen-bond donors (Lipinski definition) is 1. The van der Waals surface area contributed by atoms with E-state index in [1.807, 2.05) is 7.11 Å². The van der Waals surface area contributed by atoms with Crippen molar-refractivity contribution >= 4 is 0 Å². The van der Waals surface area contributed by atoms with E-state index >= 15 is 0 Å². The largest absolute Gasteiger partial charge is 0.377 e. The monoisotopic (exact) mass is 275 g/mol. The Morgan fingerprint density at radius 1 is 1.35 bits per heavy atom. The number of rotatable bonds is 7. The maximum absolute atomic E-state index is 5.83. The molecule has 0 spiro atoms. The van der Waals surface area contributed by atoms with Crippen LogP contribution in [0.25, 0.3) is 0 Å². The van der Waals surface area contributed by atoms with E-state index in [2.05, 4.69) is 50.4 Å². The van der Waals surface area contributed by atoms with Gasteiger partial charge in [-0.3, -0.25) is 0 Å². The van der Waals surface area contributed by atoms with Crippen LogP contribution in [0.4, 0.5) is 0 Å². The molecule has 0 bridgehead atoms. The highest BCUT2D eigenvalue weighted by atomic mass is 16.5. The second kappa shape index (κ2) is 6.73. The molecule has 1 fully saturated rings. The van der Waals surface area contributed by atoms with Crippen molar-refractivity contribution in [2.75, 3.05) is 13.7 Å². The van der Waals surface area contributed by atoms with E-state index < -0.39 is 0 Å².